The smallest absolute Gasteiger partial charge is 0.0900 e. The molecule has 1 saturated carbocycles. The van der Waals surface area contributed by atoms with Crippen LogP contribution in [0.1, 0.15) is 26.2 Å². The second-order valence-electron chi connectivity index (χ2n) is 3.22. The number of rotatable bonds is 5. The minimum absolute atomic E-state index is 0.147. The zero-order chi connectivity index (χ0) is 7.45. The van der Waals surface area contributed by atoms with Crippen LogP contribution in [0.5, 0.6) is 0 Å². The molecule has 10 heavy (non-hydrogen) atoms. The highest BCUT2D eigenvalue weighted by Gasteiger charge is 2.41. The van der Waals surface area contributed by atoms with Gasteiger partial charge in [0.05, 0.1) is 6.67 Å². The lowest BCUT2D eigenvalue weighted by Gasteiger charge is -2.12. The maximum atomic E-state index is 11.9. The van der Waals surface area contributed by atoms with Gasteiger partial charge in [-0.2, -0.15) is 0 Å². The van der Waals surface area contributed by atoms with Crippen molar-refractivity contribution < 1.29 is 4.39 Å². The third kappa shape index (κ3) is 1.94. The quantitative estimate of drug-likeness (QED) is 0.621. The van der Waals surface area contributed by atoms with Crippen LogP contribution in [0.2, 0.25) is 0 Å². The zero-order valence-corrected chi connectivity index (χ0v) is 6.62. The monoisotopic (exact) mass is 145 g/mol. The summed E-state index contributed by atoms with van der Waals surface area (Å²) in [6, 6.07) is 0. The third-order valence-electron chi connectivity index (χ3n) is 2.33. The molecule has 1 nitrogen and oxygen atoms in total. The summed E-state index contributed by atoms with van der Waals surface area (Å²) >= 11 is 0. The van der Waals surface area contributed by atoms with Crippen molar-refractivity contribution in [2.45, 2.75) is 26.2 Å². The second-order valence-corrected chi connectivity index (χ2v) is 3.22. The first-order valence-electron chi connectivity index (χ1n) is 4.10. The van der Waals surface area contributed by atoms with Gasteiger partial charge in [0.15, 0.2) is 0 Å². The molecule has 0 spiro atoms. The maximum absolute atomic E-state index is 11.9. The van der Waals surface area contributed by atoms with Crippen LogP contribution >= 0.6 is 0 Å². The molecule has 0 amide bonds. The number of hydrogen-bond acceptors (Lipinski definition) is 1. The van der Waals surface area contributed by atoms with Crippen LogP contribution in [0, 0.1) is 5.41 Å². The highest BCUT2D eigenvalue weighted by molar-refractivity contribution is 4.94. The van der Waals surface area contributed by atoms with Crippen molar-refractivity contribution in [2.75, 3.05) is 19.8 Å². The van der Waals surface area contributed by atoms with E-state index >= 15 is 0 Å². The first-order chi connectivity index (χ1) is 4.83. The molecule has 0 unspecified atom stereocenters. The third-order valence-corrected chi connectivity index (χ3v) is 2.33. The molecule has 1 aliphatic carbocycles. The van der Waals surface area contributed by atoms with E-state index in [2.05, 4.69) is 12.2 Å². The van der Waals surface area contributed by atoms with E-state index in [-0.39, 0.29) is 6.67 Å². The molecule has 1 fully saturated rings. The van der Waals surface area contributed by atoms with Gasteiger partial charge in [0, 0.05) is 6.54 Å². The molecule has 0 aromatic rings. The molecule has 2 heteroatoms. The second kappa shape index (κ2) is 3.33. The molecular formula is C8H16FN. The van der Waals surface area contributed by atoms with Gasteiger partial charge in [-0.15, -0.1) is 0 Å². The minimum Gasteiger partial charge on any atom is -0.316 e. The fourth-order valence-corrected chi connectivity index (χ4v) is 1.28. The van der Waals surface area contributed by atoms with Crippen LogP contribution < -0.4 is 5.32 Å². The molecule has 0 radical (unpaired) electrons. The van der Waals surface area contributed by atoms with Crippen molar-refractivity contribution in [1.82, 2.24) is 5.32 Å². The molecule has 0 saturated heterocycles. The Balaban J connectivity index is 2.11. The topological polar surface area (TPSA) is 12.0 Å². The van der Waals surface area contributed by atoms with Gasteiger partial charge in [-0.3, -0.25) is 4.39 Å². The van der Waals surface area contributed by atoms with Gasteiger partial charge < -0.3 is 5.32 Å². The van der Waals surface area contributed by atoms with Gasteiger partial charge in [0.25, 0.3) is 0 Å². The Kier molecular flexibility index (Phi) is 2.66. The van der Waals surface area contributed by atoms with Crippen LogP contribution in [-0.2, 0) is 0 Å². The Labute approximate surface area is 62.0 Å². The van der Waals surface area contributed by atoms with Crippen molar-refractivity contribution >= 4 is 0 Å². The molecule has 0 aromatic carbocycles. The van der Waals surface area contributed by atoms with Gasteiger partial charge in [0.2, 0.25) is 0 Å². The summed E-state index contributed by atoms with van der Waals surface area (Å²) in [6.45, 7) is 3.97. The Hall–Kier alpha value is -0.110. The van der Waals surface area contributed by atoms with Gasteiger partial charge in [-0.1, -0.05) is 6.92 Å². The molecule has 0 heterocycles. The fourth-order valence-electron chi connectivity index (χ4n) is 1.28. The molecular weight excluding hydrogens is 129 g/mol. The van der Waals surface area contributed by atoms with E-state index in [1.165, 1.54) is 12.8 Å². The molecule has 0 aliphatic heterocycles. The average Bonchev–Trinajstić information content (AvgIpc) is 2.67. The van der Waals surface area contributed by atoms with E-state index in [1.54, 1.807) is 0 Å². The standard InChI is InChI=1S/C8H16FN/c1-2-10-7-8(3-4-8)5-6-9/h10H,2-7H2,1H3. The minimum atomic E-state index is -0.147. The predicted octanol–water partition coefficient (Wildman–Crippen LogP) is 1.74. The molecule has 1 aliphatic rings. The fraction of sp³-hybridized carbons (Fsp3) is 1.00. The molecule has 0 bridgehead atoms. The number of halogens is 1. The molecule has 0 aromatic heterocycles. The summed E-state index contributed by atoms with van der Waals surface area (Å²) in [7, 11) is 0. The molecule has 0 atom stereocenters. The highest BCUT2D eigenvalue weighted by atomic mass is 19.1. The predicted molar refractivity (Wildman–Crippen MR) is 40.8 cm³/mol. The molecule has 60 valence electrons. The lowest BCUT2D eigenvalue weighted by atomic mass is 10.0. The summed E-state index contributed by atoms with van der Waals surface area (Å²) in [4.78, 5) is 0. The van der Waals surface area contributed by atoms with Crippen molar-refractivity contribution in [3.63, 3.8) is 0 Å². The van der Waals surface area contributed by atoms with Crippen molar-refractivity contribution in [2.24, 2.45) is 5.41 Å². The van der Waals surface area contributed by atoms with Crippen LogP contribution in [-0.4, -0.2) is 19.8 Å². The van der Waals surface area contributed by atoms with E-state index in [4.69, 9.17) is 0 Å². The van der Waals surface area contributed by atoms with Gasteiger partial charge in [-0.05, 0) is 31.2 Å². The summed E-state index contributed by atoms with van der Waals surface area (Å²) in [5, 5.41) is 3.27. The summed E-state index contributed by atoms with van der Waals surface area (Å²) in [5.74, 6) is 0. The van der Waals surface area contributed by atoms with E-state index in [1.807, 2.05) is 0 Å². The lowest BCUT2D eigenvalue weighted by Crippen LogP contribution is -2.23. The van der Waals surface area contributed by atoms with Gasteiger partial charge in [0.1, 0.15) is 0 Å². The Morgan fingerprint density at radius 2 is 2.20 bits per heavy atom. The largest absolute Gasteiger partial charge is 0.316 e. The first-order valence-corrected chi connectivity index (χ1v) is 4.10. The van der Waals surface area contributed by atoms with Crippen LogP contribution in [0.25, 0.3) is 0 Å². The van der Waals surface area contributed by atoms with E-state index < -0.39 is 0 Å². The summed E-state index contributed by atoms with van der Waals surface area (Å²) in [6.07, 6.45) is 3.22. The van der Waals surface area contributed by atoms with Gasteiger partial charge in [-0.25, -0.2) is 0 Å². The van der Waals surface area contributed by atoms with Gasteiger partial charge >= 0.3 is 0 Å². The van der Waals surface area contributed by atoms with Crippen LogP contribution in [0.4, 0.5) is 4.39 Å². The first kappa shape index (κ1) is 7.99. The van der Waals surface area contributed by atoms with Crippen molar-refractivity contribution in [1.29, 1.82) is 0 Å². The molecule has 1 N–H and O–H groups in total. The van der Waals surface area contributed by atoms with Crippen LogP contribution in [0.15, 0.2) is 0 Å². The highest BCUT2D eigenvalue weighted by Crippen LogP contribution is 2.48. The van der Waals surface area contributed by atoms with E-state index in [9.17, 15) is 4.39 Å². The average molecular weight is 145 g/mol. The Morgan fingerprint density at radius 3 is 2.60 bits per heavy atom. The van der Waals surface area contributed by atoms with E-state index in [0.29, 0.717) is 5.41 Å². The van der Waals surface area contributed by atoms with E-state index in [0.717, 1.165) is 19.5 Å². The Bertz CT molecular complexity index is 99.4. The SMILES string of the molecule is CCNCC1(CCF)CC1. The summed E-state index contributed by atoms with van der Waals surface area (Å²) < 4.78 is 11.9. The number of hydrogen-bond donors (Lipinski definition) is 1. The van der Waals surface area contributed by atoms with Crippen molar-refractivity contribution in [3.8, 4) is 0 Å². The normalized spacial score (nSPS) is 21.0. The lowest BCUT2D eigenvalue weighted by molar-refractivity contribution is 0.357. The van der Waals surface area contributed by atoms with Crippen LogP contribution in [0.3, 0.4) is 0 Å². The number of alkyl halides is 1. The summed E-state index contributed by atoms with van der Waals surface area (Å²) in [5.41, 5.74) is 0.366. The maximum Gasteiger partial charge on any atom is 0.0900 e. The molecule has 1 rings (SSSR count). The Morgan fingerprint density at radius 1 is 1.50 bits per heavy atom. The van der Waals surface area contributed by atoms with Crippen molar-refractivity contribution in [3.05, 3.63) is 0 Å². The zero-order valence-electron chi connectivity index (χ0n) is 6.62. The number of nitrogens with one attached hydrogen (secondary N) is 1.